The first-order chi connectivity index (χ1) is 12.0. The minimum atomic E-state index is -0.429. The molecule has 25 heavy (non-hydrogen) atoms. The minimum absolute atomic E-state index is 0.0161. The van der Waals surface area contributed by atoms with E-state index in [0.717, 1.165) is 22.4 Å². The number of carbonyl (C=O) groups excluding carboxylic acids is 1. The molecule has 3 rings (SSSR count). The van der Waals surface area contributed by atoms with Crippen molar-refractivity contribution in [1.82, 2.24) is 4.57 Å². The van der Waals surface area contributed by atoms with Crippen molar-refractivity contribution in [3.05, 3.63) is 87.7 Å². The van der Waals surface area contributed by atoms with E-state index in [1.165, 1.54) is 12.1 Å². The Labute approximate surface area is 145 Å². The van der Waals surface area contributed by atoms with Crippen LogP contribution in [0.1, 0.15) is 28.5 Å². The predicted molar refractivity (Wildman–Crippen MR) is 96.8 cm³/mol. The average molecular weight is 334 g/mol. The number of benzene rings is 2. The van der Waals surface area contributed by atoms with Gasteiger partial charge in [-0.2, -0.15) is 0 Å². The molecule has 0 aliphatic carbocycles. The van der Waals surface area contributed by atoms with Crippen molar-refractivity contribution >= 4 is 11.5 Å². The van der Waals surface area contributed by atoms with Gasteiger partial charge in [-0.3, -0.25) is 14.9 Å². The van der Waals surface area contributed by atoms with E-state index in [0.29, 0.717) is 12.1 Å². The first kappa shape index (κ1) is 16.6. The molecule has 0 bridgehead atoms. The van der Waals surface area contributed by atoms with Crippen LogP contribution in [-0.4, -0.2) is 15.3 Å². The van der Waals surface area contributed by atoms with E-state index in [-0.39, 0.29) is 11.5 Å². The summed E-state index contributed by atoms with van der Waals surface area (Å²) in [4.78, 5) is 22.6. The van der Waals surface area contributed by atoms with Gasteiger partial charge < -0.3 is 4.57 Å². The number of hydrogen-bond donors (Lipinski definition) is 0. The summed E-state index contributed by atoms with van der Waals surface area (Å²) < 4.78 is 2.04. The summed E-state index contributed by atoms with van der Waals surface area (Å²) in [7, 11) is 0. The lowest BCUT2D eigenvalue weighted by Crippen LogP contribution is -2.02. The molecule has 0 spiro atoms. The van der Waals surface area contributed by atoms with E-state index in [1.807, 2.05) is 48.0 Å². The molecule has 0 aliphatic rings. The Hall–Kier alpha value is -3.21. The van der Waals surface area contributed by atoms with Gasteiger partial charge in [0.15, 0.2) is 5.78 Å². The van der Waals surface area contributed by atoms with Crippen molar-refractivity contribution in [1.29, 1.82) is 0 Å². The molecule has 2 aromatic carbocycles. The van der Waals surface area contributed by atoms with Crippen LogP contribution in [0.5, 0.6) is 0 Å². The van der Waals surface area contributed by atoms with E-state index in [1.54, 1.807) is 19.1 Å². The van der Waals surface area contributed by atoms with Crippen molar-refractivity contribution in [2.24, 2.45) is 0 Å². The van der Waals surface area contributed by atoms with Crippen molar-refractivity contribution in [2.45, 2.75) is 20.4 Å². The highest BCUT2D eigenvalue weighted by atomic mass is 16.6. The van der Waals surface area contributed by atoms with Crippen molar-refractivity contribution < 1.29 is 9.72 Å². The summed E-state index contributed by atoms with van der Waals surface area (Å²) in [5.41, 5.74) is 4.33. The van der Waals surface area contributed by atoms with Crippen molar-refractivity contribution in [3.8, 4) is 11.1 Å². The van der Waals surface area contributed by atoms with Crippen molar-refractivity contribution in [3.63, 3.8) is 0 Å². The number of carbonyl (C=O) groups is 1. The van der Waals surface area contributed by atoms with Crippen LogP contribution >= 0.6 is 0 Å². The number of hydrogen-bond acceptors (Lipinski definition) is 3. The number of nitro benzene ring substituents is 1. The quantitative estimate of drug-likeness (QED) is 0.388. The van der Waals surface area contributed by atoms with Crippen LogP contribution in [0.15, 0.2) is 60.8 Å². The highest BCUT2D eigenvalue weighted by molar-refractivity contribution is 6.02. The molecular formula is C20H18N2O3. The van der Waals surface area contributed by atoms with Gasteiger partial charge in [-0.05, 0) is 37.1 Å². The first-order valence-corrected chi connectivity index (χ1v) is 7.97. The number of Topliss-reactive ketones (excluding diaryl/α,β-unsaturated/α-hetero) is 1. The molecule has 0 N–H and O–H groups in total. The molecule has 0 fully saturated rings. The highest BCUT2D eigenvalue weighted by Crippen LogP contribution is 2.30. The summed E-state index contributed by atoms with van der Waals surface area (Å²) in [5.74, 6) is -0.0161. The maximum Gasteiger partial charge on any atom is 0.269 e. The Morgan fingerprint density at radius 2 is 1.72 bits per heavy atom. The molecule has 1 aromatic heterocycles. The molecule has 0 atom stereocenters. The Balaban J connectivity index is 2.05. The molecule has 0 radical (unpaired) electrons. The summed E-state index contributed by atoms with van der Waals surface area (Å²) in [5, 5.41) is 10.8. The van der Waals surface area contributed by atoms with E-state index in [4.69, 9.17) is 0 Å². The van der Waals surface area contributed by atoms with E-state index in [9.17, 15) is 14.9 Å². The normalized spacial score (nSPS) is 10.6. The lowest BCUT2D eigenvalue weighted by atomic mass is 10.0. The van der Waals surface area contributed by atoms with Gasteiger partial charge in [-0.1, -0.05) is 30.3 Å². The van der Waals surface area contributed by atoms with Gasteiger partial charge in [0.2, 0.25) is 0 Å². The fourth-order valence-corrected chi connectivity index (χ4v) is 3.03. The molecule has 0 amide bonds. The molecular weight excluding hydrogens is 316 g/mol. The SMILES string of the molecule is CC(=O)c1c(-c2ccc([N+](=O)[O-])cc2)cn(Cc2ccccc2)c1C. The third kappa shape index (κ3) is 3.35. The van der Waals surface area contributed by atoms with Crippen LogP contribution < -0.4 is 0 Å². The van der Waals surface area contributed by atoms with E-state index >= 15 is 0 Å². The summed E-state index contributed by atoms with van der Waals surface area (Å²) in [6.07, 6.45) is 1.94. The van der Waals surface area contributed by atoms with Crippen LogP contribution in [0.4, 0.5) is 5.69 Å². The third-order valence-corrected chi connectivity index (χ3v) is 4.28. The van der Waals surface area contributed by atoms with E-state index < -0.39 is 4.92 Å². The zero-order valence-electron chi connectivity index (χ0n) is 14.1. The Kier molecular flexibility index (Phi) is 4.48. The number of aromatic nitrogens is 1. The largest absolute Gasteiger partial charge is 0.346 e. The Morgan fingerprint density at radius 3 is 2.28 bits per heavy atom. The second kappa shape index (κ2) is 6.73. The lowest BCUT2D eigenvalue weighted by molar-refractivity contribution is -0.384. The molecule has 0 saturated heterocycles. The second-order valence-corrected chi connectivity index (χ2v) is 5.98. The molecule has 0 unspecified atom stereocenters. The highest BCUT2D eigenvalue weighted by Gasteiger charge is 2.18. The van der Waals surface area contributed by atoms with Crippen LogP contribution in [0, 0.1) is 17.0 Å². The summed E-state index contributed by atoms with van der Waals surface area (Å²) >= 11 is 0. The smallest absolute Gasteiger partial charge is 0.269 e. The van der Waals surface area contributed by atoms with Gasteiger partial charge in [-0.25, -0.2) is 0 Å². The van der Waals surface area contributed by atoms with Crippen LogP contribution in [0.3, 0.4) is 0 Å². The fraction of sp³-hybridized carbons (Fsp3) is 0.150. The van der Waals surface area contributed by atoms with Gasteiger partial charge in [0.1, 0.15) is 0 Å². The molecule has 5 heteroatoms. The van der Waals surface area contributed by atoms with Gasteiger partial charge >= 0.3 is 0 Å². The first-order valence-electron chi connectivity index (χ1n) is 7.97. The van der Waals surface area contributed by atoms with E-state index in [2.05, 4.69) is 0 Å². The minimum Gasteiger partial charge on any atom is -0.346 e. The topological polar surface area (TPSA) is 65.1 Å². The molecule has 0 saturated carbocycles. The monoisotopic (exact) mass is 334 g/mol. The second-order valence-electron chi connectivity index (χ2n) is 5.98. The maximum atomic E-state index is 12.2. The number of non-ortho nitro benzene ring substituents is 1. The zero-order chi connectivity index (χ0) is 18.0. The number of rotatable bonds is 5. The summed E-state index contributed by atoms with van der Waals surface area (Å²) in [6, 6.07) is 16.3. The molecule has 0 aliphatic heterocycles. The number of nitrogens with zero attached hydrogens (tertiary/aromatic N) is 2. The number of ketones is 1. The van der Waals surface area contributed by atoms with Gasteiger partial charge in [0.05, 0.1) is 4.92 Å². The molecule has 126 valence electrons. The average Bonchev–Trinajstić information content (AvgIpc) is 2.92. The van der Waals surface area contributed by atoms with Gasteiger partial charge in [-0.15, -0.1) is 0 Å². The maximum absolute atomic E-state index is 12.2. The lowest BCUT2D eigenvalue weighted by Gasteiger charge is -2.06. The van der Waals surface area contributed by atoms with Gasteiger partial charge in [0.25, 0.3) is 5.69 Å². The Morgan fingerprint density at radius 1 is 1.08 bits per heavy atom. The Bertz CT molecular complexity index is 926. The van der Waals surface area contributed by atoms with Crippen LogP contribution in [0.2, 0.25) is 0 Å². The fourth-order valence-electron chi connectivity index (χ4n) is 3.03. The summed E-state index contributed by atoms with van der Waals surface area (Å²) in [6.45, 7) is 4.14. The van der Waals surface area contributed by atoms with Crippen LogP contribution in [-0.2, 0) is 6.54 Å². The molecule has 3 aromatic rings. The van der Waals surface area contributed by atoms with Gasteiger partial charge in [0, 0.05) is 41.7 Å². The number of nitro groups is 1. The van der Waals surface area contributed by atoms with Crippen LogP contribution in [0.25, 0.3) is 11.1 Å². The third-order valence-electron chi connectivity index (χ3n) is 4.28. The molecule has 1 heterocycles. The molecule has 5 nitrogen and oxygen atoms in total. The predicted octanol–water partition coefficient (Wildman–Crippen LogP) is 4.62. The standard InChI is InChI=1S/C20H18N2O3/c1-14-20(15(2)23)19(17-8-10-18(11-9-17)22(24)25)13-21(14)12-16-6-4-3-5-7-16/h3-11,13H,12H2,1-2H3. The zero-order valence-corrected chi connectivity index (χ0v) is 14.1. The van der Waals surface area contributed by atoms with Crippen molar-refractivity contribution in [2.75, 3.05) is 0 Å².